The van der Waals surface area contributed by atoms with Crippen LogP contribution in [0.4, 0.5) is 0 Å². The first-order valence-corrected chi connectivity index (χ1v) is 5.33. The lowest BCUT2D eigenvalue weighted by Gasteiger charge is -2.20. The molecule has 1 unspecified atom stereocenters. The molecule has 0 aliphatic heterocycles. The maximum Gasteiger partial charge on any atom is 0.321 e. The zero-order chi connectivity index (χ0) is 12.0. The highest BCUT2D eigenvalue weighted by atomic mass is 16.4. The van der Waals surface area contributed by atoms with Crippen LogP contribution in [-0.4, -0.2) is 39.7 Å². The molecule has 0 amide bonds. The lowest BCUT2D eigenvalue weighted by Crippen LogP contribution is -2.47. The van der Waals surface area contributed by atoms with E-state index in [4.69, 9.17) is 10.8 Å². The van der Waals surface area contributed by atoms with Crippen LogP contribution in [0.2, 0.25) is 0 Å². The molecule has 0 saturated heterocycles. The summed E-state index contributed by atoms with van der Waals surface area (Å²) in [7, 11) is 0. The van der Waals surface area contributed by atoms with Crippen LogP contribution in [0.15, 0.2) is 12.5 Å². The van der Waals surface area contributed by atoms with E-state index in [2.05, 4.69) is 15.3 Å². The van der Waals surface area contributed by atoms with Crippen molar-refractivity contribution < 1.29 is 9.90 Å². The van der Waals surface area contributed by atoms with Gasteiger partial charge in [0.05, 0.1) is 6.33 Å². The molecule has 5 N–H and O–H groups in total. The summed E-state index contributed by atoms with van der Waals surface area (Å²) < 4.78 is 0. The van der Waals surface area contributed by atoms with Crippen molar-refractivity contribution in [1.82, 2.24) is 15.3 Å². The van der Waals surface area contributed by atoms with Gasteiger partial charge in [0, 0.05) is 30.9 Å². The van der Waals surface area contributed by atoms with Gasteiger partial charge in [0.25, 0.3) is 0 Å². The summed E-state index contributed by atoms with van der Waals surface area (Å²) in [5, 5.41) is 12.1. The Kier molecular flexibility index (Phi) is 4.94. The fourth-order valence-electron chi connectivity index (χ4n) is 1.47. The van der Waals surface area contributed by atoms with Crippen LogP contribution in [-0.2, 0) is 11.2 Å². The van der Waals surface area contributed by atoms with Crippen molar-refractivity contribution in [2.45, 2.75) is 31.8 Å². The van der Waals surface area contributed by atoms with Crippen LogP contribution in [0.3, 0.4) is 0 Å². The fourth-order valence-corrected chi connectivity index (χ4v) is 1.47. The van der Waals surface area contributed by atoms with Gasteiger partial charge < -0.3 is 21.1 Å². The van der Waals surface area contributed by atoms with Crippen molar-refractivity contribution in [1.29, 1.82) is 0 Å². The number of aliphatic carboxylic acids is 1. The number of nitrogens with one attached hydrogen (secondary N) is 2. The van der Waals surface area contributed by atoms with E-state index in [1.807, 2.05) is 6.92 Å². The normalized spacial score (nSPS) is 14.6. The predicted octanol–water partition coefficient (Wildman–Crippen LogP) is -0.268. The summed E-state index contributed by atoms with van der Waals surface area (Å²) in [6, 6.07) is -0.599. The number of aromatic nitrogens is 2. The Bertz CT molecular complexity index is 309. The predicted molar refractivity (Wildman–Crippen MR) is 60.0 cm³/mol. The topological polar surface area (TPSA) is 104 Å². The van der Waals surface area contributed by atoms with Crippen LogP contribution < -0.4 is 11.1 Å². The minimum absolute atomic E-state index is 0.0315. The van der Waals surface area contributed by atoms with E-state index in [0.29, 0.717) is 13.0 Å². The number of carboxylic acids is 1. The van der Waals surface area contributed by atoms with E-state index in [9.17, 15) is 4.79 Å². The van der Waals surface area contributed by atoms with E-state index in [0.717, 1.165) is 12.1 Å². The van der Waals surface area contributed by atoms with E-state index >= 15 is 0 Å². The first-order valence-electron chi connectivity index (χ1n) is 5.33. The molecule has 1 aromatic heterocycles. The molecule has 0 saturated carbocycles. The molecular formula is C10H18N4O2. The van der Waals surface area contributed by atoms with Crippen molar-refractivity contribution in [2.75, 3.05) is 6.54 Å². The maximum atomic E-state index is 11.1. The number of carbonyl (C=O) groups is 1. The van der Waals surface area contributed by atoms with E-state index < -0.39 is 12.0 Å². The summed E-state index contributed by atoms with van der Waals surface area (Å²) in [6.07, 6.45) is 4.35. The van der Waals surface area contributed by atoms with Crippen molar-refractivity contribution >= 4 is 5.97 Å². The second kappa shape index (κ2) is 6.24. The average Bonchev–Trinajstić information content (AvgIpc) is 2.76. The third kappa shape index (κ3) is 3.63. The monoisotopic (exact) mass is 226 g/mol. The van der Waals surface area contributed by atoms with Gasteiger partial charge >= 0.3 is 5.97 Å². The van der Waals surface area contributed by atoms with E-state index in [-0.39, 0.29) is 6.04 Å². The number of hydrogen-bond acceptors (Lipinski definition) is 4. The highest BCUT2D eigenvalue weighted by Crippen LogP contribution is 2.01. The molecule has 1 heterocycles. The molecule has 90 valence electrons. The van der Waals surface area contributed by atoms with Crippen molar-refractivity contribution in [3.63, 3.8) is 0 Å². The standard InChI is InChI=1S/C10H18N4O2/c1-2-7(4-11)14-9(10(15)16)3-8-5-12-6-13-8/h5-7,9,14H,2-4,11H2,1H3,(H,12,13)(H,15,16)/t7?,9-/m0/s1. The summed E-state index contributed by atoms with van der Waals surface area (Å²) in [5.41, 5.74) is 6.33. The van der Waals surface area contributed by atoms with Gasteiger partial charge in [0.1, 0.15) is 6.04 Å². The smallest absolute Gasteiger partial charge is 0.321 e. The first kappa shape index (κ1) is 12.7. The van der Waals surface area contributed by atoms with E-state index in [1.54, 1.807) is 6.20 Å². The summed E-state index contributed by atoms with van der Waals surface area (Å²) in [6.45, 7) is 2.41. The molecule has 6 nitrogen and oxygen atoms in total. The Hall–Kier alpha value is -1.40. The number of nitrogens with zero attached hydrogens (tertiary/aromatic N) is 1. The zero-order valence-electron chi connectivity index (χ0n) is 9.31. The Morgan fingerprint density at radius 3 is 2.94 bits per heavy atom. The number of aromatic amines is 1. The number of H-pyrrole nitrogens is 1. The quantitative estimate of drug-likeness (QED) is 0.512. The van der Waals surface area contributed by atoms with E-state index in [1.165, 1.54) is 6.33 Å². The second-order valence-electron chi connectivity index (χ2n) is 3.68. The van der Waals surface area contributed by atoms with Crippen LogP contribution in [0.1, 0.15) is 19.0 Å². The zero-order valence-corrected chi connectivity index (χ0v) is 9.31. The number of rotatable bonds is 7. The van der Waals surface area contributed by atoms with Gasteiger partial charge in [-0.3, -0.25) is 4.79 Å². The van der Waals surface area contributed by atoms with Crippen molar-refractivity contribution in [3.05, 3.63) is 18.2 Å². The molecule has 16 heavy (non-hydrogen) atoms. The Morgan fingerprint density at radius 1 is 1.75 bits per heavy atom. The molecule has 0 spiro atoms. The van der Waals surface area contributed by atoms with Gasteiger partial charge in [-0.15, -0.1) is 0 Å². The Labute approximate surface area is 94.3 Å². The lowest BCUT2D eigenvalue weighted by molar-refractivity contribution is -0.139. The van der Waals surface area contributed by atoms with Crippen LogP contribution in [0.5, 0.6) is 0 Å². The number of nitrogens with two attached hydrogens (primary N) is 1. The molecular weight excluding hydrogens is 208 g/mol. The molecule has 0 aliphatic carbocycles. The van der Waals surface area contributed by atoms with Gasteiger partial charge in [-0.25, -0.2) is 4.98 Å². The summed E-state index contributed by atoms with van der Waals surface area (Å²) >= 11 is 0. The van der Waals surface area contributed by atoms with Gasteiger partial charge in [-0.1, -0.05) is 6.92 Å². The largest absolute Gasteiger partial charge is 0.480 e. The summed E-state index contributed by atoms with van der Waals surface area (Å²) in [4.78, 5) is 17.8. The highest BCUT2D eigenvalue weighted by Gasteiger charge is 2.20. The maximum absolute atomic E-state index is 11.1. The third-order valence-corrected chi connectivity index (χ3v) is 2.49. The second-order valence-corrected chi connectivity index (χ2v) is 3.68. The molecule has 1 rings (SSSR count). The SMILES string of the molecule is CCC(CN)N[C@@H](Cc1cnc[nH]1)C(=O)O. The van der Waals surface area contributed by atoms with Gasteiger partial charge in [0.2, 0.25) is 0 Å². The number of hydrogen-bond donors (Lipinski definition) is 4. The molecule has 0 bridgehead atoms. The lowest BCUT2D eigenvalue weighted by atomic mass is 10.1. The number of imidazole rings is 1. The Morgan fingerprint density at radius 2 is 2.50 bits per heavy atom. The minimum Gasteiger partial charge on any atom is -0.480 e. The molecule has 6 heteroatoms. The average molecular weight is 226 g/mol. The highest BCUT2D eigenvalue weighted by molar-refractivity contribution is 5.73. The third-order valence-electron chi connectivity index (χ3n) is 2.49. The van der Waals surface area contributed by atoms with Gasteiger partial charge in [-0.05, 0) is 6.42 Å². The molecule has 0 fully saturated rings. The molecule has 0 radical (unpaired) electrons. The first-order chi connectivity index (χ1) is 7.67. The molecule has 0 aromatic carbocycles. The van der Waals surface area contributed by atoms with Gasteiger partial charge in [-0.2, -0.15) is 0 Å². The van der Waals surface area contributed by atoms with Crippen LogP contribution in [0.25, 0.3) is 0 Å². The molecule has 1 aromatic rings. The van der Waals surface area contributed by atoms with Crippen molar-refractivity contribution in [3.8, 4) is 0 Å². The number of carboxylic acid groups (broad SMARTS) is 1. The van der Waals surface area contributed by atoms with Crippen molar-refractivity contribution in [2.24, 2.45) is 5.73 Å². The van der Waals surface area contributed by atoms with Crippen LogP contribution >= 0.6 is 0 Å². The fraction of sp³-hybridized carbons (Fsp3) is 0.600. The van der Waals surface area contributed by atoms with Crippen LogP contribution in [0, 0.1) is 0 Å². The minimum atomic E-state index is -0.874. The Balaban J connectivity index is 2.57. The summed E-state index contributed by atoms with van der Waals surface area (Å²) in [5.74, 6) is -0.874. The molecule has 2 atom stereocenters. The van der Waals surface area contributed by atoms with Gasteiger partial charge in [0.15, 0.2) is 0 Å². The molecule has 0 aliphatic rings.